The van der Waals surface area contributed by atoms with Crippen LogP contribution in [0, 0.1) is 5.92 Å². The molecule has 0 atom stereocenters. The van der Waals surface area contributed by atoms with Crippen molar-refractivity contribution in [3.8, 4) is 5.69 Å². The summed E-state index contributed by atoms with van der Waals surface area (Å²) >= 11 is 0. The van der Waals surface area contributed by atoms with E-state index in [9.17, 15) is 9.59 Å². The van der Waals surface area contributed by atoms with Crippen molar-refractivity contribution in [1.82, 2.24) is 20.1 Å². The second kappa shape index (κ2) is 6.60. The van der Waals surface area contributed by atoms with Crippen molar-refractivity contribution >= 4 is 11.9 Å². The van der Waals surface area contributed by atoms with Gasteiger partial charge in [-0.15, -0.1) is 0 Å². The number of carbonyl (C=O) groups is 2. The normalized spacial score (nSPS) is 20.9. The summed E-state index contributed by atoms with van der Waals surface area (Å²) in [5.74, 6) is -1.27. The Morgan fingerprint density at radius 3 is 2.65 bits per heavy atom. The number of nitrogens with zero attached hydrogens (tertiary/aromatic N) is 3. The summed E-state index contributed by atoms with van der Waals surface area (Å²) in [4.78, 5) is 27.4. The molecule has 2 N–H and O–H groups in total. The summed E-state index contributed by atoms with van der Waals surface area (Å²) < 4.78 is 1.66. The average Bonchev–Trinajstić information content (AvgIpc) is 3.10. The van der Waals surface area contributed by atoms with Gasteiger partial charge in [0.05, 0.1) is 11.6 Å². The third-order valence-electron chi connectivity index (χ3n) is 4.16. The molecule has 0 unspecified atom stereocenters. The first kappa shape index (κ1) is 15.2. The molecule has 3 rings (SSSR count). The lowest BCUT2D eigenvalue weighted by atomic mass is 9.86. The van der Waals surface area contributed by atoms with Gasteiger partial charge in [0.1, 0.15) is 5.69 Å². The predicted octanol–water partition coefficient (Wildman–Crippen LogP) is 1.64. The Balaban J connectivity index is 1.63. The van der Waals surface area contributed by atoms with Crippen molar-refractivity contribution in [2.75, 3.05) is 0 Å². The molecule has 1 saturated carbocycles. The van der Waals surface area contributed by atoms with Crippen molar-refractivity contribution < 1.29 is 14.7 Å². The van der Waals surface area contributed by atoms with Crippen molar-refractivity contribution in [3.63, 3.8) is 0 Å². The molecule has 2 aromatic heterocycles. The van der Waals surface area contributed by atoms with E-state index in [1.54, 1.807) is 41.5 Å². The zero-order chi connectivity index (χ0) is 16.2. The van der Waals surface area contributed by atoms with Crippen LogP contribution in [0.5, 0.6) is 0 Å². The maximum atomic E-state index is 12.3. The molecule has 1 fully saturated rings. The number of hydrogen-bond donors (Lipinski definition) is 2. The number of carbonyl (C=O) groups excluding carboxylic acids is 1. The molecule has 0 aliphatic heterocycles. The molecular weight excluding hydrogens is 296 g/mol. The third-order valence-corrected chi connectivity index (χ3v) is 4.16. The molecule has 1 aliphatic carbocycles. The van der Waals surface area contributed by atoms with Crippen LogP contribution in [0.25, 0.3) is 5.69 Å². The minimum atomic E-state index is -0.747. The summed E-state index contributed by atoms with van der Waals surface area (Å²) in [5, 5.41) is 16.1. The molecular formula is C16H18N4O3. The maximum Gasteiger partial charge on any atom is 0.306 e. The molecule has 1 aliphatic rings. The van der Waals surface area contributed by atoms with E-state index < -0.39 is 5.97 Å². The Bertz CT molecular complexity index is 691. The van der Waals surface area contributed by atoms with E-state index in [2.05, 4.69) is 15.4 Å². The fourth-order valence-corrected chi connectivity index (χ4v) is 2.85. The van der Waals surface area contributed by atoms with E-state index >= 15 is 0 Å². The standard InChI is InChI=1S/C16H18N4O3/c21-15(19-12-4-2-11(3-5-12)16(22)23)14-10-13(6-8-17-14)20-9-1-7-18-20/h1,6-12H,2-5H2,(H,19,21)(H,22,23). The molecule has 0 radical (unpaired) electrons. The van der Waals surface area contributed by atoms with Crippen LogP contribution < -0.4 is 5.32 Å². The predicted molar refractivity (Wildman–Crippen MR) is 82.2 cm³/mol. The first-order valence-electron chi connectivity index (χ1n) is 7.63. The maximum absolute atomic E-state index is 12.3. The van der Waals surface area contributed by atoms with Gasteiger partial charge in [-0.05, 0) is 43.9 Å². The average molecular weight is 314 g/mol. The van der Waals surface area contributed by atoms with Crippen LogP contribution in [0.15, 0.2) is 36.8 Å². The molecule has 120 valence electrons. The van der Waals surface area contributed by atoms with Crippen molar-refractivity contribution in [2.45, 2.75) is 31.7 Å². The van der Waals surface area contributed by atoms with Gasteiger partial charge in [0.2, 0.25) is 0 Å². The van der Waals surface area contributed by atoms with Crippen LogP contribution >= 0.6 is 0 Å². The van der Waals surface area contributed by atoms with E-state index in [1.165, 1.54) is 0 Å². The smallest absolute Gasteiger partial charge is 0.306 e. The van der Waals surface area contributed by atoms with Crippen LogP contribution in [-0.4, -0.2) is 37.8 Å². The highest BCUT2D eigenvalue weighted by Gasteiger charge is 2.27. The summed E-state index contributed by atoms with van der Waals surface area (Å²) in [6.45, 7) is 0. The molecule has 0 bridgehead atoms. The number of aliphatic carboxylic acids is 1. The SMILES string of the molecule is O=C(NC1CCC(C(=O)O)CC1)c1cc(-n2cccn2)ccn1. The Morgan fingerprint density at radius 1 is 1.22 bits per heavy atom. The van der Waals surface area contributed by atoms with Gasteiger partial charge < -0.3 is 10.4 Å². The number of amides is 1. The van der Waals surface area contributed by atoms with Crippen molar-refractivity contribution in [2.24, 2.45) is 5.92 Å². The highest BCUT2D eigenvalue weighted by Crippen LogP contribution is 2.24. The Morgan fingerprint density at radius 2 is 2.00 bits per heavy atom. The van der Waals surface area contributed by atoms with Crippen LogP contribution in [0.4, 0.5) is 0 Å². The monoisotopic (exact) mass is 314 g/mol. The van der Waals surface area contributed by atoms with E-state index in [0.717, 1.165) is 5.69 Å². The van der Waals surface area contributed by atoms with E-state index in [1.807, 2.05) is 0 Å². The van der Waals surface area contributed by atoms with Gasteiger partial charge >= 0.3 is 5.97 Å². The van der Waals surface area contributed by atoms with E-state index in [4.69, 9.17) is 5.11 Å². The molecule has 0 saturated heterocycles. The Kier molecular flexibility index (Phi) is 4.36. The van der Waals surface area contributed by atoms with Gasteiger partial charge in [-0.1, -0.05) is 0 Å². The second-order valence-electron chi connectivity index (χ2n) is 5.71. The Hall–Kier alpha value is -2.70. The minimum absolute atomic E-state index is 0.00765. The zero-order valence-corrected chi connectivity index (χ0v) is 12.6. The number of nitrogens with one attached hydrogen (secondary N) is 1. The highest BCUT2D eigenvalue weighted by molar-refractivity contribution is 5.92. The third kappa shape index (κ3) is 3.56. The van der Waals surface area contributed by atoms with Gasteiger partial charge in [0, 0.05) is 24.6 Å². The lowest BCUT2D eigenvalue weighted by Gasteiger charge is -2.26. The summed E-state index contributed by atoms with van der Waals surface area (Å²) in [6, 6.07) is 5.28. The number of rotatable bonds is 4. The largest absolute Gasteiger partial charge is 0.481 e. The topological polar surface area (TPSA) is 97.1 Å². The van der Waals surface area contributed by atoms with E-state index in [-0.39, 0.29) is 17.9 Å². The molecule has 2 aromatic rings. The van der Waals surface area contributed by atoms with Crippen LogP contribution in [-0.2, 0) is 4.79 Å². The molecule has 23 heavy (non-hydrogen) atoms. The summed E-state index contributed by atoms with van der Waals surface area (Å²) in [5.41, 5.74) is 1.10. The minimum Gasteiger partial charge on any atom is -0.481 e. The molecule has 0 aromatic carbocycles. The van der Waals surface area contributed by atoms with Crippen molar-refractivity contribution in [1.29, 1.82) is 0 Å². The van der Waals surface area contributed by atoms with Gasteiger partial charge in [0.15, 0.2) is 0 Å². The summed E-state index contributed by atoms with van der Waals surface area (Å²) in [6.07, 6.45) is 7.60. The highest BCUT2D eigenvalue weighted by atomic mass is 16.4. The molecule has 7 heteroatoms. The number of aromatic nitrogens is 3. The van der Waals surface area contributed by atoms with Crippen LogP contribution in [0.2, 0.25) is 0 Å². The molecule has 7 nitrogen and oxygen atoms in total. The number of pyridine rings is 1. The molecule has 1 amide bonds. The quantitative estimate of drug-likeness (QED) is 0.894. The fourth-order valence-electron chi connectivity index (χ4n) is 2.85. The molecule has 2 heterocycles. The number of carboxylic acid groups (broad SMARTS) is 1. The zero-order valence-electron chi connectivity index (χ0n) is 12.6. The number of carboxylic acids is 1. The van der Waals surface area contributed by atoms with Gasteiger partial charge in [-0.25, -0.2) is 4.68 Å². The lowest BCUT2D eigenvalue weighted by molar-refractivity contribution is -0.142. The first-order valence-corrected chi connectivity index (χ1v) is 7.63. The second-order valence-corrected chi connectivity index (χ2v) is 5.71. The fraction of sp³-hybridized carbons (Fsp3) is 0.375. The Labute approximate surface area is 133 Å². The molecule has 0 spiro atoms. The van der Waals surface area contributed by atoms with Crippen molar-refractivity contribution in [3.05, 3.63) is 42.5 Å². The van der Waals surface area contributed by atoms with Gasteiger partial charge in [-0.2, -0.15) is 5.10 Å². The van der Waals surface area contributed by atoms with Gasteiger partial charge in [-0.3, -0.25) is 14.6 Å². The van der Waals surface area contributed by atoms with Crippen LogP contribution in [0.1, 0.15) is 36.2 Å². The number of hydrogen-bond acceptors (Lipinski definition) is 4. The summed E-state index contributed by atoms with van der Waals surface area (Å²) in [7, 11) is 0. The van der Waals surface area contributed by atoms with Crippen LogP contribution in [0.3, 0.4) is 0 Å². The lowest BCUT2D eigenvalue weighted by Crippen LogP contribution is -2.39. The first-order chi connectivity index (χ1) is 11.1. The van der Waals surface area contributed by atoms with Gasteiger partial charge in [0.25, 0.3) is 5.91 Å². The van der Waals surface area contributed by atoms with E-state index in [0.29, 0.717) is 31.4 Å².